The summed E-state index contributed by atoms with van der Waals surface area (Å²) in [6, 6.07) is 33.9. The molecule has 0 spiro atoms. The molecule has 0 amide bonds. The number of benzene rings is 4. The van der Waals surface area contributed by atoms with Crippen LogP contribution in [0.5, 0.6) is 5.75 Å². The highest BCUT2D eigenvalue weighted by molar-refractivity contribution is 6.88. The Bertz CT molecular complexity index is 1960. The molecular weight excluding hydrogens is 543 g/mol. The normalized spacial score (nSPS) is 12.2. The quantitative estimate of drug-likeness (QED) is 0.207. The fourth-order valence-corrected chi connectivity index (χ4v) is 6.81. The number of rotatable bonds is 5. The number of aromatic hydroxyl groups is 1. The van der Waals surface area contributed by atoms with E-state index in [0.717, 1.165) is 55.9 Å². The van der Waals surface area contributed by atoms with Crippen LogP contribution in [0.2, 0.25) is 19.6 Å². The van der Waals surface area contributed by atoms with Gasteiger partial charge in [-0.15, -0.1) is 0 Å². The molecule has 0 fully saturated rings. The highest BCUT2D eigenvalue weighted by Gasteiger charge is 2.21. The number of nitrogens with zero attached hydrogens (tertiary/aromatic N) is 3. The Labute approximate surface area is 255 Å². The third-order valence-electron chi connectivity index (χ3n) is 8.33. The molecule has 4 nitrogen and oxygen atoms in total. The lowest BCUT2D eigenvalue weighted by atomic mass is 9.86. The Balaban J connectivity index is 1.40. The lowest BCUT2D eigenvalue weighted by Crippen LogP contribution is -2.37. The van der Waals surface area contributed by atoms with Gasteiger partial charge < -0.3 is 9.67 Å². The summed E-state index contributed by atoms with van der Waals surface area (Å²) in [5.74, 6) is 0.979. The lowest BCUT2D eigenvalue weighted by Gasteiger charge is -2.20. The van der Waals surface area contributed by atoms with Crippen molar-refractivity contribution in [1.29, 1.82) is 0 Å². The Morgan fingerprint density at radius 3 is 2.14 bits per heavy atom. The van der Waals surface area contributed by atoms with Crippen molar-refractivity contribution in [2.75, 3.05) is 0 Å². The predicted molar refractivity (Wildman–Crippen MR) is 184 cm³/mol. The van der Waals surface area contributed by atoms with Crippen LogP contribution in [-0.4, -0.2) is 27.7 Å². The molecule has 2 aromatic heterocycles. The van der Waals surface area contributed by atoms with Crippen molar-refractivity contribution in [3.8, 4) is 50.6 Å². The van der Waals surface area contributed by atoms with Gasteiger partial charge in [-0.2, -0.15) is 0 Å². The molecule has 5 heteroatoms. The first-order valence-electron chi connectivity index (χ1n) is 14.9. The van der Waals surface area contributed by atoms with Crippen molar-refractivity contribution in [3.63, 3.8) is 0 Å². The molecule has 0 bridgehead atoms. The van der Waals surface area contributed by atoms with E-state index < -0.39 is 8.07 Å². The molecule has 0 unspecified atom stereocenters. The van der Waals surface area contributed by atoms with Gasteiger partial charge in [0, 0.05) is 24.4 Å². The topological polar surface area (TPSA) is 50.9 Å². The van der Waals surface area contributed by atoms with Crippen LogP contribution in [0.3, 0.4) is 0 Å². The summed E-state index contributed by atoms with van der Waals surface area (Å²) in [5.41, 5.74) is 10.2. The second-order valence-corrected chi connectivity index (χ2v) is 18.6. The zero-order chi connectivity index (χ0) is 30.5. The number of phenolic OH excluding ortho intramolecular Hbond substituents is 1. The number of aromatic nitrogens is 3. The molecule has 0 saturated carbocycles. The maximum atomic E-state index is 10.8. The Kier molecular flexibility index (Phi) is 7.09. The molecule has 0 saturated heterocycles. The van der Waals surface area contributed by atoms with E-state index in [2.05, 4.69) is 130 Å². The molecule has 43 heavy (non-hydrogen) atoms. The number of hydrogen-bond acceptors (Lipinski definition) is 3. The van der Waals surface area contributed by atoms with Crippen LogP contribution >= 0.6 is 0 Å². The number of pyridine rings is 1. The van der Waals surface area contributed by atoms with E-state index >= 15 is 0 Å². The molecule has 1 N–H and O–H groups in total. The van der Waals surface area contributed by atoms with E-state index in [-0.39, 0.29) is 11.2 Å². The molecule has 6 rings (SSSR count). The zero-order valence-corrected chi connectivity index (χ0v) is 27.1. The minimum Gasteiger partial charge on any atom is -0.507 e. The fourth-order valence-electron chi connectivity index (χ4n) is 5.65. The first kappa shape index (κ1) is 28.6. The van der Waals surface area contributed by atoms with E-state index in [1.165, 1.54) is 10.8 Å². The SMILES string of the molecule is Cn1c(-c2cc(C(C)(C)C)ccc2O)nc2c(-c3cccc(-c4cc(-c5ccc([Si](C)(C)C)cc5)ccn4)c3)cccc21. The first-order chi connectivity index (χ1) is 20.4. The first-order valence-corrected chi connectivity index (χ1v) is 18.4. The monoisotopic (exact) mass is 581 g/mol. The second-order valence-electron chi connectivity index (χ2n) is 13.5. The molecule has 2 heterocycles. The van der Waals surface area contributed by atoms with Gasteiger partial charge in [0.05, 0.1) is 30.4 Å². The van der Waals surface area contributed by atoms with Crippen molar-refractivity contribution in [2.45, 2.75) is 45.8 Å². The summed E-state index contributed by atoms with van der Waals surface area (Å²) in [7, 11) is 0.669. The molecule has 6 aromatic rings. The molecule has 0 aliphatic carbocycles. The lowest BCUT2D eigenvalue weighted by molar-refractivity contribution is 0.475. The smallest absolute Gasteiger partial charge is 0.144 e. The summed E-state index contributed by atoms with van der Waals surface area (Å²) >= 11 is 0. The van der Waals surface area contributed by atoms with Crippen LogP contribution in [0.25, 0.3) is 55.9 Å². The van der Waals surface area contributed by atoms with E-state index in [4.69, 9.17) is 9.97 Å². The van der Waals surface area contributed by atoms with Crippen LogP contribution in [0.4, 0.5) is 0 Å². The molecular formula is C38H39N3OSi. The van der Waals surface area contributed by atoms with E-state index in [0.29, 0.717) is 0 Å². The van der Waals surface area contributed by atoms with E-state index in [9.17, 15) is 5.11 Å². The Morgan fingerprint density at radius 2 is 1.42 bits per heavy atom. The second kappa shape index (κ2) is 10.7. The summed E-state index contributed by atoms with van der Waals surface area (Å²) in [5, 5.41) is 12.3. The zero-order valence-electron chi connectivity index (χ0n) is 26.1. The van der Waals surface area contributed by atoms with Crippen molar-refractivity contribution in [3.05, 3.63) is 109 Å². The van der Waals surface area contributed by atoms with Gasteiger partial charge in [0.1, 0.15) is 11.6 Å². The molecule has 216 valence electrons. The number of hydrogen-bond donors (Lipinski definition) is 1. The van der Waals surface area contributed by atoms with Crippen molar-refractivity contribution in [2.24, 2.45) is 7.05 Å². The molecule has 0 atom stereocenters. The van der Waals surface area contributed by atoms with Gasteiger partial charge in [0.15, 0.2) is 0 Å². The highest BCUT2D eigenvalue weighted by atomic mass is 28.3. The molecule has 0 aliphatic rings. The third kappa shape index (κ3) is 5.53. The van der Waals surface area contributed by atoms with Gasteiger partial charge in [-0.25, -0.2) is 4.98 Å². The average molecular weight is 582 g/mol. The Hall–Kier alpha value is -4.48. The highest BCUT2D eigenvalue weighted by Crippen LogP contribution is 2.38. The van der Waals surface area contributed by atoms with Crippen molar-refractivity contribution >= 4 is 24.3 Å². The number of para-hydroxylation sites is 1. The third-order valence-corrected chi connectivity index (χ3v) is 10.4. The molecule has 0 aliphatic heterocycles. The van der Waals surface area contributed by atoms with Gasteiger partial charge in [-0.1, -0.05) is 106 Å². The number of imidazole rings is 1. The largest absolute Gasteiger partial charge is 0.507 e. The van der Waals surface area contributed by atoms with Crippen LogP contribution in [-0.2, 0) is 12.5 Å². The van der Waals surface area contributed by atoms with Gasteiger partial charge in [0.2, 0.25) is 0 Å². The molecule has 0 radical (unpaired) electrons. The van der Waals surface area contributed by atoms with Gasteiger partial charge in [-0.3, -0.25) is 4.98 Å². The van der Waals surface area contributed by atoms with Crippen molar-refractivity contribution in [1.82, 2.24) is 14.5 Å². The van der Waals surface area contributed by atoms with Crippen LogP contribution in [0, 0.1) is 0 Å². The predicted octanol–water partition coefficient (Wildman–Crippen LogP) is 9.18. The van der Waals surface area contributed by atoms with Gasteiger partial charge >= 0.3 is 0 Å². The minimum atomic E-state index is -1.35. The van der Waals surface area contributed by atoms with Gasteiger partial charge in [0.25, 0.3) is 0 Å². The number of aryl methyl sites for hydroxylation is 1. The standard InChI is InChI=1S/C38H39N3OSi/c1-38(2,3)29-16-19-35(42)32(24-29)37-40-36-31(12-9-13-34(36)41(37)4)27-10-8-11-28(22-27)33-23-26(20-21-39-33)25-14-17-30(18-15-25)43(5,6)7/h8-24,42H,1-7H3. The van der Waals surface area contributed by atoms with Gasteiger partial charge in [-0.05, 0) is 64.1 Å². The summed E-state index contributed by atoms with van der Waals surface area (Å²) in [4.78, 5) is 9.86. The van der Waals surface area contributed by atoms with Crippen molar-refractivity contribution < 1.29 is 5.11 Å². The van der Waals surface area contributed by atoms with Crippen LogP contribution in [0.1, 0.15) is 26.3 Å². The van der Waals surface area contributed by atoms with Crippen LogP contribution < -0.4 is 5.19 Å². The molecule has 4 aromatic carbocycles. The maximum absolute atomic E-state index is 10.8. The fraction of sp³-hybridized carbons (Fsp3) is 0.211. The van der Waals surface area contributed by atoms with E-state index in [1.807, 2.05) is 19.3 Å². The maximum Gasteiger partial charge on any atom is 0.144 e. The summed E-state index contributed by atoms with van der Waals surface area (Å²) in [6.45, 7) is 13.7. The number of fused-ring (bicyclic) bond motifs is 1. The Morgan fingerprint density at radius 1 is 0.698 bits per heavy atom. The summed E-state index contributed by atoms with van der Waals surface area (Å²) < 4.78 is 2.07. The number of phenols is 1. The van der Waals surface area contributed by atoms with E-state index in [1.54, 1.807) is 6.07 Å². The minimum absolute atomic E-state index is 0.0403. The average Bonchev–Trinajstić information content (AvgIpc) is 3.32. The van der Waals surface area contributed by atoms with Crippen LogP contribution in [0.15, 0.2) is 103 Å². The summed E-state index contributed by atoms with van der Waals surface area (Å²) in [6.07, 6.45) is 1.90.